The summed E-state index contributed by atoms with van der Waals surface area (Å²) in [7, 11) is 2.27. The van der Waals surface area contributed by atoms with Crippen molar-refractivity contribution in [3.8, 4) is 5.75 Å². The van der Waals surface area contributed by atoms with Gasteiger partial charge in [-0.1, -0.05) is 36.4 Å². The molecule has 0 heterocycles. The van der Waals surface area contributed by atoms with Crippen LogP contribution in [0.5, 0.6) is 5.75 Å². The van der Waals surface area contributed by atoms with Crippen molar-refractivity contribution in [1.82, 2.24) is 0 Å². The second kappa shape index (κ2) is 6.08. The predicted octanol–water partition coefficient (Wildman–Crippen LogP) is 3.85. The zero-order valence-electron chi connectivity index (χ0n) is 7.34. The van der Waals surface area contributed by atoms with Crippen LogP contribution >= 0.6 is 34.3 Å². The zero-order chi connectivity index (χ0) is 8.39. The van der Waals surface area contributed by atoms with E-state index < -0.39 is 0 Å². The van der Waals surface area contributed by atoms with Crippen LogP contribution in [0.15, 0.2) is 42.5 Å². The van der Waals surface area contributed by atoms with Crippen LogP contribution < -0.4 is 4.52 Å². The third kappa shape index (κ3) is 2.51. The lowest BCUT2D eigenvalue weighted by Gasteiger charge is -2.03. The van der Waals surface area contributed by atoms with E-state index in [4.69, 9.17) is 4.52 Å². The quantitative estimate of drug-likeness (QED) is 0.697. The van der Waals surface area contributed by atoms with Crippen molar-refractivity contribution in [3.05, 3.63) is 42.5 Å². The normalized spacial score (nSPS) is 8.64. The lowest BCUT2D eigenvalue weighted by atomic mass is 10.1. The topological polar surface area (TPSA) is 9.23 Å². The van der Waals surface area contributed by atoms with E-state index in [0.29, 0.717) is 0 Å². The Hall–Kier alpha value is -0.490. The number of benzene rings is 2. The van der Waals surface area contributed by atoms with Gasteiger partial charge in [-0.15, -0.1) is 24.8 Å². The van der Waals surface area contributed by atoms with Crippen molar-refractivity contribution in [1.29, 1.82) is 0 Å². The van der Waals surface area contributed by atoms with E-state index in [9.17, 15) is 0 Å². The SMILES string of the molecule is Cl.Cl.POc1cccc2ccccc12. The zero-order valence-corrected chi connectivity index (χ0v) is 10.1. The molecule has 2 aromatic carbocycles. The highest BCUT2D eigenvalue weighted by Crippen LogP contribution is 2.25. The van der Waals surface area contributed by atoms with E-state index in [1.807, 2.05) is 24.3 Å². The van der Waals surface area contributed by atoms with Gasteiger partial charge in [0.2, 0.25) is 0 Å². The summed E-state index contributed by atoms with van der Waals surface area (Å²) >= 11 is 0. The Morgan fingerprint density at radius 1 is 0.857 bits per heavy atom. The maximum absolute atomic E-state index is 5.14. The third-order valence-corrected chi connectivity index (χ3v) is 2.13. The Balaban J connectivity index is 0.000000845. The molecule has 76 valence electrons. The molecule has 0 saturated heterocycles. The van der Waals surface area contributed by atoms with E-state index in [1.165, 1.54) is 5.39 Å². The highest BCUT2D eigenvalue weighted by Gasteiger charge is 1.97. The Labute approximate surface area is 97.9 Å². The fourth-order valence-corrected chi connectivity index (χ4v) is 1.50. The molecule has 0 N–H and O–H groups in total. The van der Waals surface area contributed by atoms with Crippen LogP contribution in [-0.2, 0) is 0 Å². The van der Waals surface area contributed by atoms with E-state index in [-0.39, 0.29) is 24.8 Å². The maximum Gasteiger partial charge on any atom is 0.130 e. The minimum absolute atomic E-state index is 0. The van der Waals surface area contributed by atoms with Crippen molar-refractivity contribution >= 4 is 45.1 Å². The van der Waals surface area contributed by atoms with Crippen LogP contribution in [0.2, 0.25) is 0 Å². The van der Waals surface area contributed by atoms with Gasteiger partial charge in [0, 0.05) is 5.39 Å². The summed E-state index contributed by atoms with van der Waals surface area (Å²) in [6.07, 6.45) is 0. The van der Waals surface area contributed by atoms with Crippen LogP contribution in [0.25, 0.3) is 10.8 Å². The molecule has 0 aliphatic heterocycles. The number of hydrogen-bond donors (Lipinski definition) is 0. The Morgan fingerprint density at radius 2 is 1.50 bits per heavy atom. The summed E-state index contributed by atoms with van der Waals surface area (Å²) in [6, 6.07) is 14.2. The molecule has 0 saturated carbocycles. The van der Waals surface area contributed by atoms with Crippen molar-refractivity contribution in [3.63, 3.8) is 0 Å². The Bertz CT molecular complexity index is 401. The lowest BCUT2D eigenvalue weighted by Crippen LogP contribution is -1.76. The molecule has 0 bridgehead atoms. The molecule has 0 amide bonds. The van der Waals surface area contributed by atoms with Gasteiger partial charge in [-0.25, -0.2) is 0 Å². The predicted molar refractivity (Wildman–Crippen MR) is 68.8 cm³/mol. The standard InChI is InChI=1S/C10H9OP.2ClH/c12-11-10-7-3-5-8-4-1-2-6-9(8)10;;/h1-7H,12H2;2*1H. The number of hydrogen-bond acceptors (Lipinski definition) is 1. The fourth-order valence-electron chi connectivity index (χ4n) is 1.30. The van der Waals surface area contributed by atoms with E-state index in [1.54, 1.807) is 0 Å². The lowest BCUT2D eigenvalue weighted by molar-refractivity contribution is 0.654. The highest BCUT2D eigenvalue weighted by atomic mass is 35.5. The van der Waals surface area contributed by atoms with Gasteiger partial charge in [0.25, 0.3) is 0 Å². The molecule has 0 spiro atoms. The monoisotopic (exact) mass is 248 g/mol. The van der Waals surface area contributed by atoms with E-state index in [0.717, 1.165) is 11.1 Å². The second-order valence-electron chi connectivity index (χ2n) is 2.60. The van der Waals surface area contributed by atoms with Crippen LogP contribution in [-0.4, -0.2) is 0 Å². The Morgan fingerprint density at radius 3 is 2.21 bits per heavy atom. The van der Waals surface area contributed by atoms with Crippen LogP contribution in [0, 0.1) is 0 Å². The van der Waals surface area contributed by atoms with E-state index in [2.05, 4.69) is 27.7 Å². The maximum atomic E-state index is 5.14. The molecule has 4 heteroatoms. The molecular weight excluding hydrogens is 238 g/mol. The summed E-state index contributed by atoms with van der Waals surface area (Å²) in [6.45, 7) is 0. The van der Waals surface area contributed by atoms with Crippen LogP contribution in [0.4, 0.5) is 0 Å². The van der Waals surface area contributed by atoms with Crippen LogP contribution in [0.3, 0.4) is 0 Å². The average molecular weight is 249 g/mol. The van der Waals surface area contributed by atoms with E-state index >= 15 is 0 Å². The van der Waals surface area contributed by atoms with Gasteiger partial charge in [0.15, 0.2) is 0 Å². The minimum atomic E-state index is 0. The van der Waals surface area contributed by atoms with Gasteiger partial charge in [-0.2, -0.15) is 0 Å². The van der Waals surface area contributed by atoms with Gasteiger partial charge in [-0.05, 0) is 11.5 Å². The van der Waals surface area contributed by atoms with Gasteiger partial charge >= 0.3 is 0 Å². The number of halogens is 2. The molecule has 0 aliphatic carbocycles. The van der Waals surface area contributed by atoms with Gasteiger partial charge in [-0.3, -0.25) is 0 Å². The smallest absolute Gasteiger partial charge is 0.130 e. The van der Waals surface area contributed by atoms with Crippen molar-refractivity contribution in [2.45, 2.75) is 0 Å². The average Bonchev–Trinajstić information content (AvgIpc) is 2.17. The van der Waals surface area contributed by atoms with Crippen molar-refractivity contribution < 1.29 is 4.52 Å². The molecule has 0 aliphatic rings. The Kier molecular flexibility index (Phi) is 5.87. The largest absolute Gasteiger partial charge is 0.480 e. The summed E-state index contributed by atoms with van der Waals surface area (Å²) in [4.78, 5) is 0. The molecule has 2 rings (SSSR count). The number of rotatable bonds is 1. The van der Waals surface area contributed by atoms with Crippen LogP contribution in [0.1, 0.15) is 0 Å². The fraction of sp³-hybridized carbons (Fsp3) is 0. The minimum Gasteiger partial charge on any atom is -0.480 e. The summed E-state index contributed by atoms with van der Waals surface area (Å²) in [5.41, 5.74) is 0. The first-order chi connectivity index (χ1) is 5.92. The summed E-state index contributed by atoms with van der Waals surface area (Å²) in [5.74, 6) is 0.901. The molecule has 0 aromatic heterocycles. The van der Waals surface area contributed by atoms with Gasteiger partial charge in [0.1, 0.15) is 5.75 Å². The molecule has 1 nitrogen and oxygen atoms in total. The second-order valence-corrected chi connectivity index (χ2v) is 2.83. The summed E-state index contributed by atoms with van der Waals surface area (Å²) in [5, 5.41) is 2.35. The third-order valence-electron chi connectivity index (χ3n) is 1.88. The molecule has 2 aromatic rings. The van der Waals surface area contributed by atoms with Gasteiger partial charge in [0.05, 0.1) is 9.47 Å². The molecule has 0 fully saturated rings. The first kappa shape index (κ1) is 13.5. The molecule has 0 radical (unpaired) electrons. The summed E-state index contributed by atoms with van der Waals surface area (Å²) < 4.78 is 5.14. The molecular formula is C10H11Cl2OP. The molecule has 1 unspecified atom stereocenters. The number of fused-ring (bicyclic) bond motifs is 1. The first-order valence-corrected chi connectivity index (χ1v) is 4.23. The molecule has 1 atom stereocenters. The van der Waals surface area contributed by atoms with Crippen molar-refractivity contribution in [2.24, 2.45) is 0 Å². The first-order valence-electron chi connectivity index (χ1n) is 3.76. The highest BCUT2D eigenvalue weighted by molar-refractivity contribution is 7.10. The molecule has 14 heavy (non-hydrogen) atoms. The van der Waals surface area contributed by atoms with Crippen molar-refractivity contribution in [2.75, 3.05) is 0 Å². The van der Waals surface area contributed by atoms with Gasteiger partial charge < -0.3 is 4.52 Å².